The van der Waals surface area contributed by atoms with Gasteiger partial charge in [0.25, 0.3) is 0 Å². The number of ether oxygens (including phenoxy) is 1. The normalized spacial score (nSPS) is 11.1. The molecule has 0 aromatic carbocycles. The molecule has 0 radical (unpaired) electrons. The molecule has 9 heavy (non-hydrogen) atoms. The average molecular weight is 151 g/mol. The molecule has 0 aromatic rings. The lowest BCUT2D eigenvalue weighted by Crippen LogP contribution is -2.13. The summed E-state index contributed by atoms with van der Waals surface area (Å²) in [6, 6.07) is 0. The van der Waals surface area contributed by atoms with Gasteiger partial charge < -0.3 is 10.6 Å². The van der Waals surface area contributed by atoms with Gasteiger partial charge in [-0.1, -0.05) is 11.6 Å². The predicted molar refractivity (Wildman–Crippen MR) is 34.1 cm³/mol. The molecule has 2 N–H and O–H groups in total. The second kappa shape index (κ2) is 4.14. The van der Waals surface area contributed by atoms with E-state index in [9.17, 15) is 4.79 Å². The maximum atomic E-state index is 10.4. The van der Waals surface area contributed by atoms with Gasteiger partial charge in [-0.3, -0.25) is 0 Å². The maximum absolute atomic E-state index is 10.4. The number of hydrazone groups is 1. The Morgan fingerprint density at radius 3 is 2.78 bits per heavy atom. The van der Waals surface area contributed by atoms with Crippen molar-refractivity contribution in [1.82, 2.24) is 0 Å². The first-order valence-electron chi connectivity index (χ1n) is 2.32. The molecule has 0 aliphatic rings. The minimum Gasteiger partial charge on any atom is -0.461 e. The van der Waals surface area contributed by atoms with Crippen molar-refractivity contribution in [1.29, 1.82) is 0 Å². The van der Waals surface area contributed by atoms with Crippen molar-refractivity contribution >= 4 is 22.7 Å². The molecular weight excluding hydrogens is 144 g/mol. The third kappa shape index (κ3) is 2.92. The molecule has 0 aromatic heterocycles. The Bertz CT molecular complexity index is 135. The van der Waals surface area contributed by atoms with Crippen LogP contribution >= 0.6 is 11.6 Å². The van der Waals surface area contributed by atoms with Gasteiger partial charge in [0, 0.05) is 0 Å². The molecule has 0 bridgehead atoms. The third-order valence-corrected chi connectivity index (χ3v) is 0.809. The van der Waals surface area contributed by atoms with Crippen molar-refractivity contribution in [2.45, 2.75) is 6.92 Å². The lowest BCUT2D eigenvalue weighted by atomic mass is 10.7. The molecule has 0 fully saturated rings. The Hall–Kier alpha value is -0.770. The number of rotatable bonds is 2. The predicted octanol–water partition coefficient (Wildman–Crippen LogP) is 0.0605. The van der Waals surface area contributed by atoms with E-state index in [1.807, 2.05) is 0 Å². The van der Waals surface area contributed by atoms with Crippen molar-refractivity contribution in [3.63, 3.8) is 0 Å². The molecule has 5 heteroatoms. The summed E-state index contributed by atoms with van der Waals surface area (Å²) in [5.74, 6) is 3.97. The van der Waals surface area contributed by atoms with Crippen LogP contribution in [0, 0.1) is 0 Å². The fourth-order valence-electron chi connectivity index (χ4n) is 0.243. The summed E-state index contributed by atoms with van der Waals surface area (Å²) in [5, 5.41) is 2.58. The number of hydrogen-bond acceptors (Lipinski definition) is 4. The Balaban J connectivity index is 3.74. The number of hydrogen-bond donors (Lipinski definition) is 1. The molecule has 0 aliphatic heterocycles. The quantitative estimate of drug-likeness (QED) is 0.262. The average Bonchev–Trinajstić information content (AvgIpc) is 1.87. The van der Waals surface area contributed by atoms with E-state index in [2.05, 4.69) is 15.7 Å². The molecule has 0 rings (SSSR count). The first-order valence-corrected chi connectivity index (χ1v) is 2.70. The van der Waals surface area contributed by atoms with Crippen LogP contribution in [0.1, 0.15) is 6.92 Å². The zero-order valence-corrected chi connectivity index (χ0v) is 5.68. The number of carbonyl (C=O) groups excluding carboxylic acids is 1. The SMILES string of the molecule is CCOC(=O)/C(Cl)=N/N. The number of nitrogens with two attached hydrogens (primary N) is 1. The zero-order chi connectivity index (χ0) is 7.28. The van der Waals surface area contributed by atoms with Gasteiger partial charge in [-0.2, -0.15) is 5.10 Å². The highest BCUT2D eigenvalue weighted by Gasteiger charge is 2.06. The minimum atomic E-state index is -0.693. The Morgan fingerprint density at radius 1 is 1.89 bits per heavy atom. The summed E-state index contributed by atoms with van der Waals surface area (Å²) < 4.78 is 4.41. The van der Waals surface area contributed by atoms with E-state index in [-0.39, 0.29) is 11.8 Å². The molecule has 0 spiro atoms. The highest BCUT2D eigenvalue weighted by atomic mass is 35.5. The lowest BCUT2D eigenvalue weighted by Gasteiger charge is -1.95. The minimum absolute atomic E-state index is 0.268. The molecule has 4 nitrogen and oxygen atoms in total. The van der Waals surface area contributed by atoms with E-state index in [4.69, 9.17) is 11.6 Å². The van der Waals surface area contributed by atoms with Crippen molar-refractivity contribution in [3.05, 3.63) is 0 Å². The third-order valence-electron chi connectivity index (χ3n) is 0.557. The van der Waals surface area contributed by atoms with Crippen molar-refractivity contribution in [3.8, 4) is 0 Å². The maximum Gasteiger partial charge on any atom is 0.370 e. The molecule has 0 saturated heterocycles. The fourth-order valence-corrected chi connectivity index (χ4v) is 0.298. The van der Waals surface area contributed by atoms with Crippen LogP contribution in [0.5, 0.6) is 0 Å². The zero-order valence-electron chi connectivity index (χ0n) is 4.93. The summed E-state index contributed by atoms with van der Waals surface area (Å²) >= 11 is 5.14. The molecule has 0 unspecified atom stereocenters. The molecule has 0 aliphatic carbocycles. The highest BCUT2D eigenvalue weighted by Crippen LogP contribution is 1.87. The standard InChI is InChI=1S/C4H7ClN2O2/c1-2-9-4(8)3(5)7-6/h2,6H2,1H3/b7-3-. The van der Waals surface area contributed by atoms with Gasteiger partial charge in [0.05, 0.1) is 6.61 Å². The topological polar surface area (TPSA) is 64.7 Å². The van der Waals surface area contributed by atoms with E-state index in [1.165, 1.54) is 0 Å². The first kappa shape index (κ1) is 8.23. The smallest absolute Gasteiger partial charge is 0.370 e. The van der Waals surface area contributed by atoms with E-state index in [1.54, 1.807) is 6.92 Å². The summed E-state index contributed by atoms with van der Waals surface area (Å²) in [5.41, 5.74) is 0. The Labute approximate surface area is 57.6 Å². The molecule has 0 saturated carbocycles. The largest absolute Gasteiger partial charge is 0.461 e. The second-order valence-electron chi connectivity index (χ2n) is 1.14. The molecular formula is C4H7ClN2O2. The van der Waals surface area contributed by atoms with Crippen molar-refractivity contribution < 1.29 is 9.53 Å². The number of carbonyl (C=O) groups is 1. The van der Waals surface area contributed by atoms with Crippen LogP contribution in [0.2, 0.25) is 0 Å². The molecule has 0 amide bonds. The summed E-state index contributed by atoms with van der Waals surface area (Å²) in [6.45, 7) is 1.93. The summed E-state index contributed by atoms with van der Waals surface area (Å²) in [6.07, 6.45) is 0. The number of nitrogens with zero attached hydrogens (tertiary/aromatic N) is 1. The molecule has 0 atom stereocenters. The van der Waals surface area contributed by atoms with Crippen molar-refractivity contribution in [2.24, 2.45) is 10.9 Å². The van der Waals surface area contributed by atoms with Gasteiger partial charge in [0.2, 0.25) is 5.17 Å². The fraction of sp³-hybridized carbons (Fsp3) is 0.500. The van der Waals surface area contributed by atoms with Crippen LogP contribution in [-0.4, -0.2) is 17.7 Å². The van der Waals surface area contributed by atoms with Crippen LogP contribution in [0.4, 0.5) is 0 Å². The van der Waals surface area contributed by atoms with Gasteiger partial charge in [-0.05, 0) is 6.92 Å². The van der Waals surface area contributed by atoms with E-state index < -0.39 is 5.97 Å². The van der Waals surface area contributed by atoms with E-state index in [0.29, 0.717) is 0 Å². The van der Waals surface area contributed by atoms with Crippen molar-refractivity contribution in [2.75, 3.05) is 6.61 Å². The van der Waals surface area contributed by atoms with E-state index in [0.717, 1.165) is 0 Å². The molecule has 0 heterocycles. The van der Waals surface area contributed by atoms with Gasteiger partial charge in [-0.25, -0.2) is 4.79 Å². The lowest BCUT2D eigenvalue weighted by molar-refractivity contribution is -0.134. The van der Waals surface area contributed by atoms with Crippen LogP contribution in [0.3, 0.4) is 0 Å². The van der Waals surface area contributed by atoms with Crippen LogP contribution < -0.4 is 5.84 Å². The first-order chi connectivity index (χ1) is 4.22. The van der Waals surface area contributed by atoms with E-state index >= 15 is 0 Å². The highest BCUT2D eigenvalue weighted by molar-refractivity contribution is 6.81. The summed E-state index contributed by atoms with van der Waals surface area (Å²) in [4.78, 5) is 10.4. The van der Waals surface area contributed by atoms with Gasteiger partial charge in [0.15, 0.2) is 0 Å². The van der Waals surface area contributed by atoms with Crippen LogP contribution in [0.25, 0.3) is 0 Å². The monoisotopic (exact) mass is 150 g/mol. The Morgan fingerprint density at radius 2 is 2.44 bits per heavy atom. The second-order valence-corrected chi connectivity index (χ2v) is 1.50. The Kier molecular flexibility index (Phi) is 3.79. The van der Waals surface area contributed by atoms with Gasteiger partial charge in [-0.15, -0.1) is 0 Å². The van der Waals surface area contributed by atoms with Crippen LogP contribution in [0.15, 0.2) is 5.10 Å². The number of halogens is 1. The number of esters is 1. The van der Waals surface area contributed by atoms with Gasteiger partial charge >= 0.3 is 5.97 Å². The van der Waals surface area contributed by atoms with Crippen LogP contribution in [-0.2, 0) is 9.53 Å². The van der Waals surface area contributed by atoms with Gasteiger partial charge in [0.1, 0.15) is 0 Å². The summed E-state index contributed by atoms with van der Waals surface area (Å²) in [7, 11) is 0. The molecule has 52 valence electrons.